The number of allylic oxidation sites excluding steroid dienone is 2. The van der Waals surface area contributed by atoms with E-state index < -0.39 is 0 Å². The number of halogens is 1. The van der Waals surface area contributed by atoms with Crippen molar-refractivity contribution in [2.75, 3.05) is 5.73 Å². The smallest absolute Gasteiger partial charge is 0.251 e. The van der Waals surface area contributed by atoms with Gasteiger partial charge in [-0.25, -0.2) is 4.39 Å². The summed E-state index contributed by atoms with van der Waals surface area (Å²) in [5, 5.41) is 0. The van der Waals surface area contributed by atoms with E-state index >= 15 is 0 Å². The van der Waals surface area contributed by atoms with Crippen molar-refractivity contribution in [3.8, 4) is 0 Å². The summed E-state index contributed by atoms with van der Waals surface area (Å²) in [5.74, 6) is -0.228. The molecule has 0 spiro atoms. The molecule has 1 aromatic carbocycles. The topological polar surface area (TPSA) is 58.9 Å². The van der Waals surface area contributed by atoms with Crippen molar-refractivity contribution in [1.82, 2.24) is 4.98 Å². The molecular formula is C21H25FN2O. The predicted molar refractivity (Wildman–Crippen MR) is 101 cm³/mol. The van der Waals surface area contributed by atoms with Gasteiger partial charge in [-0.05, 0) is 81.4 Å². The molecular weight excluding hydrogens is 315 g/mol. The Morgan fingerprint density at radius 2 is 1.92 bits per heavy atom. The first-order valence-corrected chi connectivity index (χ1v) is 8.75. The van der Waals surface area contributed by atoms with Crippen LogP contribution >= 0.6 is 0 Å². The van der Waals surface area contributed by atoms with Crippen molar-refractivity contribution in [2.24, 2.45) is 0 Å². The fourth-order valence-corrected chi connectivity index (χ4v) is 3.80. The minimum atomic E-state index is -0.228. The number of benzene rings is 1. The maximum atomic E-state index is 14.0. The fourth-order valence-electron chi connectivity index (χ4n) is 3.80. The maximum absolute atomic E-state index is 14.0. The second-order valence-electron chi connectivity index (χ2n) is 7.15. The zero-order valence-corrected chi connectivity index (χ0v) is 15.3. The van der Waals surface area contributed by atoms with E-state index in [9.17, 15) is 9.18 Å². The van der Waals surface area contributed by atoms with Gasteiger partial charge in [0.25, 0.3) is 5.56 Å². The van der Waals surface area contributed by atoms with Crippen LogP contribution in [0.3, 0.4) is 0 Å². The van der Waals surface area contributed by atoms with Crippen LogP contribution in [0.1, 0.15) is 53.3 Å². The normalized spacial score (nSPS) is 15.9. The molecule has 0 radical (unpaired) electrons. The maximum Gasteiger partial charge on any atom is 0.251 e. The first-order chi connectivity index (χ1) is 11.8. The van der Waals surface area contributed by atoms with Crippen LogP contribution in [0, 0.1) is 26.6 Å². The summed E-state index contributed by atoms with van der Waals surface area (Å²) in [6.07, 6.45) is 3.46. The number of fused-ring (bicyclic) bond motifs is 1. The van der Waals surface area contributed by atoms with Gasteiger partial charge in [0.2, 0.25) is 0 Å². The van der Waals surface area contributed by atoms with Crippen LogP contribution < -0.4 is 11.3 Å². The first kappa shape index (κ1) is 17.5. The molecule has 3 N–H and O–H groups in total. The molecule has 132 valence electrons. The molecule has 25 heavy (non-hydrogen) atoms. The number of hydrogen-bond donors (Lipinski definition) is 2. The van der Waals surface area contributed by atoms with Gasteiger partial charge in [-0.2, -0.15) is 0 Å². The zero-order chi connectivity index (χ0) is 18.3. The molecule has 1 aliphatic rings. The molecule has 1 aromatic heterocycles. The lowest BCUT2D eigenvalue weighted by Crippen LogP contribution is -2.15. The van der Waals surface area contributed by atoms with Crippen molar-refractivity contribution in [3.05, 3.63) is 67.4 Å². The summed E-state index contributed by atoms with van der Waals surface area (Å²) >= 11 is 0. The molecule has 1 heterocycles. The number of H-pyrrole nitrogens is 1. The van der Waals surface area contributed by atoms with Crippen molar-refractivity contribution >= 4 is 11.3 Å². The molecule has 3 nitrogen and oxygen atoms in total. The molecule has 3 rings (SSSR count). The lowest BCUT2D eigenvalue weighted by atomic mass is 9.81. The molecule has 0 saturated carbocycles. The summed E-state index contributed by atoms with van der Waals surface area (Å²) in [7, 11) is 0. The van der Waals surface area contributed by atoms with E-state index in [2.05, 4.69) is 11.9 Å². The van der Waals surface area contributed by atoms with Crippen LogP contribution in [0.2, 0.25) is 0 Å². The Morgan fingerprint density at radius 1 is 1.20 bits per heavy atom. The van der Waals surface area contributed by atoms with Gasteiger partial charge in [-0.15, -0.1) is 0 Å². The Morgan fingerprint density at radius 3 is 2.60 bits per heavy atom. The highest BCUT2D eigenvalue weighted by molar-refractivity contribution is 5.81. The molecule has 1 aliphatic carbocycles. The number of nitrogens with two attached hydrogens (primary N) is 1. The van der Waals surface area contributed by atoms with E-state index in [-0.39, 0.29) is 11.4 Å². The lowest BCUT2D eigenvalue weighted by Gasteiger charge is -2.25. The highest BCUT2D eigenvalue weighted by Gasteiger charge is 2.22. The molecule has 2 aromatic rings. The number of nitrogen functional groups attached to an aromatic ring is 1. The second-order valence-corrected chi connectivity index (χ2v) is 7.15. The number of aromatic nitrogens is 1. The van der Waals surface area contributed by atoms with Crippen LogP contribution in [-0.4, -0.2) is 4.98 Å². The highest BCUT2D eigenvalue weighted by atomic mass is 19.1. The number of hydrogen-bond acceptors (Lipinski definition) is 2. The van der Waals surface area contributed by atoms with Crippen LogP contribution in [0.15, 0.2) is 22.5 Å². The number of aryl methyl sites for hydroxylation is 1. The van der Waals surface area contributed by atoms with Crippen LogP contribution in [0.25, 0.3) is 5.57 Å². The molecule has 0 unspecified atom stereocenters. The van der Waals surface area contributed by atoms with Gasteiger partial charge in [-0.3, -0.25) is 4.79 Å². The first-order valence-electron chi connectivity index (χ1n) is 8.75. The molecule has 0 saturated heterocycles. The largest absolute Gasteiger partial charge is 0.398 e. The molecule has 0 aliphatic heterocycles. The standard InChI is InChI=1S/C21H25FN2O/c1-11-8-15(24-21(25)13(11)3)9-12(2)16-6-5-7-17-14(4)18(22)10-19(23)20(16)17/h8,10H,5-7,9,23H2,1-4H3,(H,24,25)/b16-12-. The molecule has 4 heteroatoms. The summed E-state index contributed by atoms with van der Waals surface area (Å²) in [6.45, 7) is 7.69. The van der Waals surface area contributed by atoms with Gasteiger partial charge >= 0.3 is 0 Å². The quantitative estimate of drug-likeness (QED) is 0.797. The Bertz CT molecular complexity index is 938. The Balaban J connectivity index is 2.08. The third kappa shape index (κ3) is 3.13. The number of anilines is 1. The minimum absolute atomic E-state index is 0.0331. The van der Waals surface area contributed by atoms with E-state index in [0.717, 1.165) is 47.2 Å². The zero-order valence-electron chi connectivity index (χ0n) is 15.3. The van der Waals surface area contributed by atoms with E-state index in [0.29, 0.717) is 17.7 Å². The van der Waals surface area contributed by atoms with Crippen molar-refractivity contribution in [1.29, 1.82) is 0 Å². The summed E-state index contributed by atoms with van der Waals surface area (Å²) in [6, 6.07) is 3.47. The Labute approximate surface area is 147 Å². The summed E-state index contributed by atoms with van der Waals surface area (Å²) in [4.78, 5) is 15.0. The van der Waals surface area contributed by atoms with E-state index in [1.807, 2.05) is 26.8 Å². The predicted octanol–water partition coefficient (Wildman–Crippen LogP) is 4.37. The van der Waals surface area contributed by atoms with E-state index in [1.165, 1.54) is 17.2 Å². The summed E-state index contributed by atoms with van der Waals surface area (Å²) < 4.78 is 14.0. The number of nitrogens with one attached hydrogen (secondary N) is 1. The third-order valence-corrected chi connectivity index (χ3v) is 5.41. The van der Waals surface area contributed by atoms with Crippen molar-refractivity contribution in [2.45, 2.75) is 53.4 Å². The van der Waals surface area contributed by atoms with Gasteiger partial charge in [0, 0.05) is 28.9 Å². The monoisotopic (exact) mass is 340 g/mol. The Kier molecular flexibility index (Phi) is 4.55. The van der Waals surface area contributed by atoms with Crippen LogP contribution in [0.5, 0.6) is 0 Å². The van der Waals surface area contributed by atoms with Crippen molar-refractivity contribution < 1.29 is 4.39 Å². The average Bonchev–Trinajstić information content (AvgIpc) is 2.57. The van der Waals surface area contributed by atoms with Gasteiger partial charge in [0.15, 0.2) is 0 Å². The second kappa shape index (κ2) is 6.51. The van der Waals surface area contributed by atoms with Gasteiger partial charge in [0.1, 0.15) is 5.82 Å². The van der Waals surface area contributed by atoms with E-state index in [1.54, 1.807) is 0 Å². The van der Waals surface area contributed by atoms with Gasteiger partial charge in [-0.1, -0.05) is 5.57 Å². The minimum Gasteiger partial charge on any atom is -0.398 e. The number of rotatable bonds is 2. The van der Waals surface area contributed by atoms with Gasteiger partial charge in [0.05, 0.1) is 0 Å². The third-order valence-electron chi connectivity index (χ3n) is 5.41. The number of aromatic amines is 1. The summed E-state index contributed by atoms with van der Waals surface area (Å²) in [5.41, 5.74) is 14.4. The molecule has 0 amide bonds. The number of pyridine rings is 1. The van der Waals surface area contributed by atoms with Gasteiger partial charge < -0.3 is 10.7 Å². The highest BCUT2D eigenvalue weighted by Crippen LogP contribution is 2.39. The SMILES string of the molecule is C/C(Cc1cc(C)c(C)c(=O)[nH]1)=C1\CCCc2c(C)c(F)cc(N)c21. The van der Waals surface area contributed by atoms with Crippen LogP contribution in [0.4, 0.5) is 10.1 Å². The van der Waals surface area contributed by atoms with Crippen molar-refractivity contribution in [3.63, 3.8) is 0 Å². The Hall–Kier alpha value is -2.36. The lowest BCUT2D eigenvalue weighted by molar-refractivity contribution is 0.613. The van der Waals surface area contributed by atoms with E-state index in [4.69, 9.17) is 5.73 Å². The fraction of sp³-hybridized carbons (Fsp3) is 0.381. The van der Waals surface area contributed by atoms with Crippen LogP contribution in [-0.2, 0) is 12.8 Å². The molecule has 0 bridgehead atoms. The molecule has 0 fully saturated rings. The average molecular weight is 340 g/mol. The molecule has 0 atom stereocenters.